The van der Waals surface area contributed by atoms with E-state index in [1.807, 2.05) is 47.0 Å². The number of nitrogens with zero attached hydrogens (tertiary/aromatic N) is 1. The molecule has 0 aliphatic rings. The number of aliphatic carboxylic acids is 1. The molecule has 1 heterocycles. The SMILES string of the molecule is O=C(O)CCCc1c(C(O)O)n(Cc2cccc3ccccc23)c2ccccc12. The van der Waals surface area contributed by atoms with Gasteiger partial charge < -0.3 is 19.9 Å². The number of carboxylic acid groups (broad SMARTS) is 1. The molecular weight excluding hydrogens is 366 g/mol. The number of benzene rings is 3. The van der Waals surface area contributed by atoms with Crippen LogP contribution in [0.25, 0.3) is 21.7 Å². The molecule has 4 rings (SSSR count). The van der Waals surface area contributed by atoms with Crippen molar-refractivity contribution in [1.82, 2.24) is 4.57 Å². The molecule has 0 fully saturated rings. The molecule has 0 bridgehead atoms. The first-order chi connectivity index (χ1) is 14.1. The van der Waals surface area contributed by atoms with Gasteiger partial charge in [-0.2, -0.15) is 0 Å². The Morgan fingerprint density at radius 3 is 2.34 bits per heavy atom. The van der Waals surface area contributed by atoms with Gasteiger partial charge >= 0.3 is 5.97 Å². The Morgan fingerprint density at radius 2 is 1.59 bits per heavy atom. The van der Waals surface area contributed by atoms with E-state index in [1.165, 1.54) is 0 Å². The quantitative estimate of drug-likeness (QED) is 0.413. The molecule has 0 aliphatic carbocycles. The fourth-order valence-corrected chi connectivity index (χ4v) is 4.14. The van der Waals surface area contributed by atoms with Gasteiger partial charge in [-0.3, -0.25) is 4.79 Å². The molecule has 1 aromatic heterocycles. The molecule has 148 valence electrons. The van der Waals surface area contributed by atoms with Crippen molar-refractivity contribution in [2.75, 3.05) is 0 Å². The minimum Gasteiger partial charge on any atom is -0.481 e. The second kappa shape index (κ2) is 8.07. The highest BCUT2D eigenvalue weighted by molar-refractivity contribution is 5.88. The highest BCUT2D eigenvalue weighted by Crippen LogP contribution is 2.32. The Morgan fingerprint density at radius 1 is 0.897 bits per heavy atom. The number of aliphatic hydroxyl groups excluding tert-OH is 1. The zero-order valence-corrected chi connectivity index (χ0v) is 16.0. The van der Waals surface area contributed by atoms with Crippen LogP contribution in [0.1, 0.15) is 36.0 Å². The van der Waals surface area contributed by atoms with E-state index >= 15 is 0 Å². The Balaban J connectivity index is 1.85. The second-order valence-corrected chi connectivity index (χ2v) is 7.23. The second-order valence-electron chi connectivity index (χ2n) is 7.23. The lowest BCUT2D eigenvalue weighted by atomic mass is 10.0. The van der Waals surface area contributed by atoms with E-state index in [4.69, 9.17) is 5.11 Å². The van der Waals surface area contributed by atoms with Crippen molar-refractivity contribution in [3.05, 3.63) is 83.6 Å². The van der Waals surface area contributed by atoms with Crippen LogP contribution < -0.4 is 0 Å². The average Bonchev–Trinajstić information content (AvgIpc) is 3.02. The molecule has 0 atom stereocenters. The van der Waals surface area contributed by atoms with Crippen molar-refractivity contribution in [2.45, 2.75) is 32.1 Å². The molecule has 0 saturated heterocycles. The molecule has 0 unspecified atom stereocenters. The molecule has 0 amide bonds. The summed E-state index contributed by atoms with van der Waals surface area (Å²) in [5.74, 6) is -0.851. The van der Waals surface area contributed by atoms with Gasteiger partial charge in [-0.05, 0) is 40.8 Å². The number of aromatic nitrogens is 1. The third-order valence-corrected chi connectivity index (χ3v) is 5.39. The van der Waals surface area contributed by atoms with E-state index in [0.717, 1.165) is 32.8 Å². The van der Waals surface area contributed by atoms with E-state index in [2.05, 4.69) is 24.3 Å². The molecule has 4 aromatic rings. The summed E-state index contributed by atoms with van der Waals surface area (Å²) >= 11 is 0. The first-order valence-corrected chi connectivity index (χ1v) is 9.71. The van der Waals surface area contributed by atoms with E-state index in [0.29, 0.717) is 25.1 Å². The van der Waals surface area contributed by atoms with Crippen LogP contribution in [0.15, 0.2) is 66.7 Å². The highest BCUT2D eigenvalue weighted by atomic mass is 16.5. The van der Waals surface area contributed by atoms with Crippen LogP contribution in [0.2, 0.25) is 0 Å². The third-order valence-electron chi connectivity index (χ3n) is 5.39. The number of aryl methyl sites for hydroxylation is 1. The molecule has 0 radical (unpaired) electrons. The summed E-state index contributed by atoms with van der Waals surface area (Å²) in [6.45, 7) is 0.494. The predicted octanol–water partition coefficient (Wildman–Crippen LogP) is 4.23. The summed E-state index contributed by atoms with van der Waals surface area (Å²) in [7, 11) is 0. The Bertz CT molecular complexity index is 1170. The Labute approximate surface area is 168 Å². The topological polar surface area (TPSA) is 82.7 Å². The number of fused-ring (bicyclic) bond motifs is 2. The van der Waals surface area contributed by atoms with Gasteiger partial charge in [0, 0.05) is 23.9 Å². The lowest BCUT2D eigenvalue weighted by molar-refractivity contribution is -0.137. The summed E-state index contributed by atoms with van der Waals surface area (Å²) in [6, 6.07) is 22.0. The van der Waals surface area contributed by atoms with Crippen LogP contribution in [0.3, 0.4) is 0 Å². The summed E-state index contributed by atoms with van der Waals surface area (Å²) in [5, 5.41) is 32.6. The monoisotopic (exact) mass is 389 g/mol. The Hall–Kier alpha value is -3.15. The van der Waals surface area contributed by atoms with Gasteiger partial charge in [0.15, 0.2) is 6.29 Å². The maximum atomic E-state index is 10.9. The van der Waals surface area contributed by atoms with Crippen molar-refractivity contribution in [2.24, 2.45) is 0 Å². The van der Waals surface area contributed by atoms with Crippen molar-refractivity contribution in [3.8, 4) is 0 Å². The molecule has 3 N–H and O–H groups in total. The van der Waals surface area contributed by atoms with Crippen molar-refractivity contribution < 1.29 is 20.1 Å². The fourth-order valence-electron chi connectivity index (χ4n) is 4.14. The lowest BCUT2D eigenvalue weighted by Gasteiger charge is -2.15. The molecular formula is C24H23NO4. The number of hydrogen-bond acceptors (Lipinski definition) is 3. The normalized spacial score (nSPS) is 11.6. The fraction of sp³-hybridized carbons (Fsp3) is 0.208. The Kier molecular flexibility index (Phi) is 5.34. The first kappa shape index (κ1) is 19.2. The highest BCUT2D eigenvalue weighted by Gasteiger charge is 2.22. The molecule has 0 spiro atoms. The van der Waals surface area contributed by atoms with Gasteiger partial charge in [0.25, 0.3) is 0 Å². The summed E-state index contributed by atoms with van der Waals surface area (Å²) in [6.07, 6.45) is -0.680. The molecule has 3 aromatic carbocycles. The average molecular weight is 389 g/mol. The largest absolute Gasteiger partial charge is 0.481 e. The number of rotatable bonds is 7. The van der Waals surface area contributed by atoms with Gasteiger partial charge in [0.2, 0.25) is 0 Å². The van der Waals surface area contributed by atoms with E-state index < -0.39 is 12.3 Å². The van der Waals surface area contributed by atoms with Crippen LogP contribution in [-0.4, -0.2) is 25.9 Å². The van der Waals surface area contributed by atoms with Gasteiger partial charge in [-0.25, -0.2) is 0 Å². The van der Waals surface area contributed by atoms with Crippen LogP contribution in [0.5, 0.6) is 0 Å². The standard InChI is InChI=1S/C24H23NO4/c26-22(27)14-6-12-20-19-11-3-4-13-21(19)25(23(20)24(28)29)15-17-9-5-8-16-7-1-2-10-18(16)17/h1-5,7-11,13,24,28-29H,6,12,14-15H2,(H,26,27). The van der Waals surface area contributed by atoms with Gasteiger partial charge in [-0.15, -0.1) is 0 Å². The van der Waals surface area contributed by atoms with Gasteiger partial charge in [0.05, 0.1) is 5.69 Å². The first-order valence-electron chi connectivity index (χ1n) is 9.71. The number of aliphatic hydroxyl groups is 2. The summed E-state index contributed by atoms with van der Waals surface area (Å²) < 4.78 is 1.94. The van der Waals surface area contributed by atoms with Crippen LogP contribution in [0, 0.1) is 0 Å². The maximum Gasteiger partial charge on any atom is 0.303 e. The number of para-hydroxylation sites is 1. The molecule has 5 nitrogen and oxygen atoms in total. The lowest BCUT2D eigenvalue weighted by Crippen LogP contribution is -2.11. The van der Waals surface area contributed by atoms with E-state index in [1.54, 1.807) is 0 Å². The minimum atomic E-state index is -1.64. The molecule has 5 heteroatoms. The van der Waals surface area contributed by atoms with Gasteiger partial charge in [-0.1, -0.05) is 60.7 Å². The number of hydrogen-bond donors (Lipinski definition) is 3. The van der Waals surface area contributed by atoms with Crippen molar-refractivity contribution in [1.29, 1.82) is 0 Å². The summed E-state index contributed by atoms with van der Waals surface area (Å²) in [4.78, 5) is 10.9. The zero-order valence-electron chi connectivity index (χ0n) is 16.0. The third kappa shape index (κ3) is 3.75. The van der Waals surface area contributed by atoms with Crippen molar-refractivity contribution >= 4 is 27.6 Å². The van der Waals surface area contributed by atoms with Crippen LogP contribution in [-0.2, 0) is 17.8 Å². The maximum absolute atomic E-state index is 10.9. The number of carboxylic acids is 1. The molecule has 0 saturated carbocycles. The number of carbonyl (C=O) groups is 1. The molecule has 29 heavy (non-hydrogen) atoms. The van der Waals surface area contributed by atoms with E-state index in [9.17, 15) is 15.0 Å². The predicted molar refractivity (Wildman–Crippen MR) is 113 cm³/mol. The van der Waals surface area contributed by atoms with Crippen LogP contribution >= 0.6 is 0 Å². The molecule has 0 aliphatic heterocycles. The van der Waals surface area contributed by atoms with E-state index in [-0.39, 0.29) is 6.42 Å². The van der Waals surface area contributed by atoms with Crippen molar-refractivity contribution in [3.63, 3.8) is 0 Å². The van der Waals surface area contributed by atoms with Crippen LogP contribution in [0.4, 0.5) is 0 Å². The van der Waals surface area contributed by atoms with Gasteiger partial charge in [0.1, 0.15) is 0 Å². The summed E-state index contributed by atoms with van der Waals surface area (Å²) in [5.41, 5.74) is 3.23. The zero-order chi connectivity index (χ0) is 20.4. The minimum absolute atomic E-state index is 0.0454. The smallest absolute Gasteiger partial charge is 0.303 e.